The van der Waals surface area contributed by atoms with Crippen molar-refractivity contribution < 1.29 is 18.4 Å². The van der Waals surface area contributed by atoms with E-state index in [1.165, 1.54) is 18.2 Å². The highest BCUT2D eigenvalue weighted by Crippen LogP contribution is 2.32. The molecule has 3 aromatic rings. The van der Waals surface area contributed by atoms with Gasteiger partial charge in [-0.1, -0.05) is 12.1 Å². The van der Waals surface area contributed by atoms with Crippen molar-refractivity contribution in [1.29, 1.82) is 5.26 Å². The maximum atomic E-state index is 13.0. The van der Waals surface area contributed by atoms with E-state index in [0.29, 0.717) is 25.0 Å². The van der Waals surface area contributed by atoms with E-state index in [9.17, 15) is 23.6 Å². The smallest absolute Gasteiger partial charge is 0.272 e. The summed E-state index contributed by atoms with van der Waals surface area (Å²) in [5, 5.41) is 12.2. The van der Waals surface area contributed by atoms with Gasteiger partial charge in [-0.3, -0.25) is 14.9 Å². The van der Waals surface area contributed by atoms with Gasteiger partial charge in [-0.2, -0.15) is 5.26 Å². The van der Waals surface area contributed by atoms with E-state index >= 15 is 0 Å². The number of aromatic nitrogens is 2. The Morgan fingerprint density at radius 2 is 2.06 bits per heavy atom. The molecule has 11 heteroatoms. The molecule has 2 aromatic heterocycles. The van der Waals surface area contributed by atoms with Crippen LogP contribution in [-0.4, -0.2) is 44.9 Å². The first-order valence-electron chi connectivity index (χ1n) is 10.9. The number of rotatable bonds is 6. The molecule has 1 aliphatic rings. The number of hydrogen-bond acceptors (Lipinski definition) is 6. The lowest BCUT2D eigenvalue weighted by Gasteiger charge is -2.20. The van der Waals surface area contributed by atoms with Crippen LogP contribution in [0.1, 0.15) is 47.3 Å². The zero-order valence-electron chi connectivity index (χ0n) is 19.2. The molecule has 35 heavy (non-hydrogen) atoms. The minimum absolute atomic E-state index is 0.0188. The molecule has 0 aliphatic carbocycles. The predicted octanol–water partition coefficient (Wildman–Crippen LogP) is 4.25. The molecule has 0 saturated carbocycles. The van der Waals surface area contributed by atoms with Gasteiger partial charge in [0.15, 0.2) is 0 Å². The number of nitrogens with two attached hydrogens (primary N) is 1. The van der Waals surface area contributed by atoms with Crippen LogP contribution in [0.5, 0.6) is 0 Å². The standard InChI is InChI=1S/C24H24F2N6O2S/c1-24(2,28)11-14(12-27)22(34)31-10-9-15(13-31)32-17-6-4-3-5-16(17)29-23(32)30-21(33)19-8-7-18(35-19)20(25)26/h3-8,11,15,20H,9-10,13,28H2,1-2H3,(H,29,30,33)/t15-/m0/s1. The number of alkyl halides is 2. The third kappa shape index (κ3) is 5.23. The number of nitrogens with one attached hydrogen (secondary N) is 1. The zero-order chi connectivity index (χ0) is 25.3. The number of nitriles is 1. The molecule has 4 rings (SSSR count). The molecule has 3 N–H and O–H groups in total. The molecule has 0 spiro atoms. The molecule has 0 bridgehead atoms. The van der Waals surface area contributed by atoms with E-state index < -0.39 is 23.8 Å². The topological polar surface area (TPSA) is 117 Å². The SMILES string of the molecule is CC(C)(N)C=C(C#N)C(=O)N1CC[C@H](n2c(NC(=O)c3ccc(C(F)F)s3)nc3ccccc32)C1. The second-order valence-electron chi connectivity index (χ2n) is 8.94. The first-order valence-corrected chi connectivity index (χ1v) is 11.8. The Kier molecular flexibility index (Phi) is 6.69. The second-order valence-corrected chi connectivity index (χ2v) is 10.1. The fraction of sp³-hybridized carbons (Fsp3) is 0.333. The van der Waals surface area contributed by atoms with Crippen LogP contribution in [0.3, 0.4) is 0 Å². The van der Waals surface area contributed by atoms with E-state index in [1.54, 1.807) is 24.8 Å². The van der Waals surface area contributed by atoms with Crippen molar-refractivity contribution in [3.8, 4) is 6.07 Å². The number of para-hydroxylation sites is 2. The Balaban J connectivity index is 1.61. The fourth-order valence-electron chi connectivity index (χ4n) is 4.08. The Morgan fingerprint density at radius 1 is 1.31 bits per heavy atom. The van der Waals surface area contributed by atoms with Crippen molar-refractivity contribution in [1.82, 2.24) is 14.5 Å². The molecular weight excluding hydrogens is 474 g/mol. The van der Waals surface area contributed by atoms with Crippen LogP contribution in [0.4, 0.5) is 14.7 Å². The number of halogens is 2. The quantitative estimate of drug-likeness (QED) is 0.389. The number of carbonyl (C=O) groups excluding carboxylic acids is 2. The van der Waals surface area contributed by atoms with E-state index in [1.807, 2.05) is 28.8 Å². The van der Waals surface area contributed by atoms with Crippen LogP contribution in [0.15, 0.2) is 48.0 Å². The van der Waals surface area contributed by atoms with Crippen molar-refractivity contribution in [3.05, 3.63) is 57.8 Å². The number of amides is 2. The maximum Gasteiger partial charge on any atom is 0.272 e. The molecule has 0 unspecified atom stereocenters. The summed E-state index contributed by atoms with van der Waals surface area (Å²) in [6.07, 6.45) is -0.616. The predicted molar refractivity (Wildman–Crippen MR) is 129 cm³/mol. The van der Waals surface area contributed by atoms with Crippen LogP contribution in [0, 0.1) is 11.3 Å². The number of likely N-dealkylation sites (tertiary alicyclic amines) is 1. The van der Waals surface area contributed by atoms with Gasteiger partial charge in [0.05, 0.1) is 26.8 Å². The summed E-state index contributed by atoms with van der Waals surface area (Å²) in [7, 11) is 0. The molecule has 8 nitrogen and oxygen atoms in total. The number of anilines is 1. The number of benzene rings is 1. The highest BCUT2D eigenvalue weighted by molar-refractivity contribution is 7.14. The average Bonchev–Trinajstić information content (AvgIpc) is 3.54. The van der Waals surface area contributed by atoms with Gasteiger partial charge in [-0.05, 0) is 50.6 Å². The summed E-state index contributed by atoms with van der Waals surface area (Å²) in [5.41, 5.74) is 6.53. The number of thiophene rings is 1. The first kappa shape index (κ1) is 24.5. The van der Waals surface area contributed by atoms with Crippen molar-refractivity contribution in [2.45, 2.75) is 38.3 Å². The lowest BCUT2D eigenvalue weighted by atomic mass is 10.0. The summed E-state index contributed by atoms with van der Waals surface area (Å²) in [4.78, 5) is 31.9. The highest BCUT2D eigenvalue weighted by atomic mass is 32.1. The third-order valence-electron chi connectivity index (χ3n) is 5.57. The fourth-order valence-corrected chi connectivity index (χ4v) is 4.84. The zero-order valence-corrected chi connectivity index (χ0v) is 20.0. The van der Waals surface area contributed by atoms with Crippen LogP contribution >= 0.6 is 11.3 Å². The molecule has 0 radical (unpaired) electrons. The van der Waals surface area contributed by atoms with E-state index in [0.717, 1.165) is 16.9 Å². The molecule has 1 aromatic carbocycles. The van der Waals surface area contributed by atoms with Crippen molar-refractivity contribution in [2.75, 3.05) is 18.4 Å². The van der Waals surface area contributed by atoms with Gasteiger partial charge in [0, 0.05) is 18.6 Å². The summed E-state index contributed by atoms with van der Waals surface area (Å²) >= 11 is 0.729. The average molecular weight is 499 g/mol. The molecular formula is C24H24F2N6O2S. The van der Waals surface area contributed by atoms with Crippen LogP contribution < -0.4 is 11.1 Å². The molecule has 2 amide bonds. The number of imidazole rings is 1. The van der Waals surface area contributed by atoms with Gasteiger partial charge < -0.3 is 15.2 Å². The van der Waals surface area contributed by atoms with Crippen molar-refractivity contribution in [2.24, 2.45) is 5.73 Å². The van der Waals surface area contributed by atoms with Crippen molar-refractivity contribution >= 4 is 40.1 Å². The second kappa shape index (κ2) is 9.56. The Labute approximate surface area is 204 Å². The van der Waals surface area contributed by atoms with E-state index in [2.05, 4.69) is 10.3 Å². The van der Waals surface area contributed by atoms with Crippen LogP contribution in [-0.2, 0) is 4.79 Å². The number of nitrogens with zero attached hydrogens (tertiary/aromatic N) is 4. The van der Waals surface area contributed by atoms with Crippen LogP contribution in [0.25, 0.3) is 11.0 Å². The lowest BCUT2D eigenvalue weighted by molar-refractivity contribution is -0.125. The summed E-state index contributed by atoms with van der Waals surface area (Å²) in [6, 6.07) is 11.7. The van der Waals surface area contributed by atoms with Gasteiger partial charge in [0.2, 0.25) is 5.95 Å². The minimum atomic E-state index is -2.65. The largest absolute Gasteiger partial charge is 0.336 e. The van der Waals surface area contributed by atoms with E-state index in [4.69, 9.17) is 5.73 Å². The molecule has 1 saturated heterocycles. The summed E-state index contributed by atoms with van der Waals surface area (Å²) in [5.74, 6) is -0.674. The monoisotopic (exact) mass is 498 g/mol. The Bertz CT molecular complexity index is 1350. The normalized spacial score (nSPS) is 16.7. The van der Waals surface area contributed by atoms with Gasteiger partial charge in [-0.25, -0.2) is 13.8 Å². The minimum Gasteiger partial charge on any atom is -0.336 e. The maximum absolute atomic E-state index is 13.0. The van der Waals surface area contributed by atoms with Gasteiger partial charge >= 0.3 is 0 Å². The third-order valence-corrected chi connectivity index (χ3v) is 6.66. The van der Waals surface area contributed by atoms with Gasteiger partial charge in [0.25, 0.3) is 18.2 Å². The molecule has 1 atom stereocenters. The number of hydrogen-bond donors (Lipinski definition) is 2. The Morgan fingerprint density at radius 3 is 2.71 bits per heavy atom. The first-order chi connectivity index (χ1) is 16.6. The number of fused-ring (bicyclic) bond motifs is 1. The number of carbonyl (C=O) groups is 2. The molecule has 3 heterocycles. The van der Waals surface area contributed by atoms with Crippen molar-refractivity contribution in [3.63, 3.8) is 0 Å². The summed E-state index contributed by atoms with van der Waals surface area (Å²) < 4.78 is 27.8. The molecule has 182 valence electrons. The summed E-state index contributed by atoms with van der Waals surface area (Å²) in [6.45, 7) is 4.13. The molecule has 1 fully saturated rings. The van der Waals surface area contributed by atoms with Gasteiger partial charge in [0.1, 0.15) is 11.6 Å². The molecule has 1 aliphatic heterocycles. The van der Waals surface area contributed by atoms with E-state index in [-0.39, 0.29) is 27.3 Å². The lowest BCUT2D eigenvalue weighted by Crippen LogP contribution is -2.34. The van der Waals surface area contributed by atoms with Crippen LogP contribution in [0.2, 0.25) is 0 Å². The van der Waals surface area contributed by atoms with Gasteiger partial charge in [-0.15, -0.1) is 11.3 Å². The Hall–Kier alpha value is -3.62. The highest BCUT2D eigenvalue weighted by Gasteiger charge is 2.32.